The van der Waals surface area contributed by atoms with E-state index in [1.54, 1.807) is 13.1 Å². The lowest BCUT2D eigenvalue weighted by Crippen LogP contribution is -2.47. The van der Waals surface area contributed by atoms with Gasteiger partial charge in [-0.15, -0.1) is 0 Å². The molecule has 3 rings (SSSR count). The minimum atomic E-state index is -1.72. The highest BCUT2D eigenvalue weighted by molar-refractivity contribution is 6.34. The molecule has 0 saturated carbocycles. The van der Waals surface area contributed by atoms with Gasteiger partial charge in [-0.25, -0.2) is 4.98 Å². The van der Waals surface area contributed by atoms with Crippen LogP contribution in [-0.4, -0.2) is 77.2 Å². The Morgan fingerprint density at radius 1 is 1.16 bits per heavy atom. The molecule has 2 aromatic rings. The van der Waals surface area contributed by atoms with Crippen LogP contribution in [0, 0.1) is 6.92 Å². The number of nitrogen functional groups attached to an aromatic ring is 1. The van der Waals surface area contributed by atoms with Crippen LogP contribution in [0.5, 0.6) is 0 Å². The van der Waals surface area contributed by atoms with E-state index in [9.17, 15) is 25.5 Å². The van der Waals surface area contributed by atoms with E-state index in [1.807, 2.05) is 0 Å². The van der Waals surface area contributed by atoms with Crippen molar-refractivity contribution in [1.29, 1.82) is 0 Å². The number of anilines is 1. The number of hydrogen-bond acceptors (Lipinski definition) is 9. The van der Waals surface area contributed by atoms with Crippen LogP contribution in [0.2, 0.25) is 5.15 Å². The number of aliphatic hydroxyl groups excluding tert-OH is 5. The maximum absolute atomic E-state index is 10.4. The van der Waals surface area contributed by atoms with E-state index in [-0.39, 0.29) is 16.7 Å². The SMILES string of the molecule is Cc1cn([C@@H]2OC(CO)[C@@H](O)[C@H](O)C(O)C2O)c2nc(N)nc(Cl)c12. The first-order chi connectivity index (χ1) is 11.8. The lowest BCUT2D eigenvalue weighted by atomic mass is 10.0. The van der Waals surface area contributed by atoms with Gasteiger partial charge in [-0.05, 0) is 12.5 Å². The molecule has 7 N–H and O–H groups in total. The summed E-state index contributed by atoms with van der Waals surface area (Å²) in [6.07, 6.45) is -7.58. The standard InChI is InChI=1S/C14H19ClN4O6/c1-4-2-19(12-6(4)11(15)17-14(16)18-12)13-10(24)9(23)8(22)7(21)5(3-20)25-13/h2,5,7-10,13,20-24H,3H2,1H3,(H2,16,17,18)/t5?,7-,8+,9?,10?,13-/m1/s1. The van der Waals surface area contributed by atoms with Crippen molar-refractivity contribution in [2.24, 2.45) is 0 Å². The number of fused-ring (bicyclic) bond motifs is 1. The van der Waals surface area contributed by atoms with Gasteiger partial charge in [-0.1, -0.05) is 11.6 Å². The highest BCUT2D eigenvalue weighted by Gasteiger charge is 2.45. The Morgan fingerprint density at radius 3 is 2.44 bits per heavy atom. The summed E-state index contributed by atoms with van der Waals surface area (Å²) in [7, 11) is 0. The summed E-state index contributed by atoms with van der Waals surface area (Å²) in [6, 6.07) is 0. The average molecular weight is 375 g/mol. The van der Waals surface area contributed by atoms with Gasteiger partial charge in [-0.2, -0.15) is 4.98 Å². The fourth-order valence-electron chi connectivity index (χ4n) is 3.01. The van der Waals surface area contributed by atoms with Gasteiger partial charge in [0.1, 0.15) is 41.3 Å². The van der Waals surface area contributed by atoms with E-state index < -0.39 is 43.4 Å². The molecule has 6 atom stereocenters. The van der Waals surface area contributed by atoms with Crippen LogP contribution < -0.4 is 5.73 Å². The van der Waals surface area contributed by atoms with E-state index in [1.165, 1.54) is 4.57 Å². The largest absolute Gasteiger partial charge is 0.394 e. The van der Waals surface area contributed by atoms with Crippen LogP contribution in [0.25, 0.3) is 11.0 Å². The molecule has 0 spiro atoms. The highest BCUT2D eigenvalue weighted by Crippen LogP contribution is 2.33. The molecule has 1 saturated heterocycles. The number of aryl methyl sites for hydroxylation is 1. The number of aliphatic hydroxyl groups is 5. The van der Waals surface area contributed by atoms with Gasteiger partial charge < -0.3 is 40.6 Å². The molecule has 11 heteroatoms. The summed E-state index contributed by atoms with van der Waals surface area (Å²) in [5, 5.41) is 50.5. The van der Waals surface area contributed by atoms with Gasteiger partial charge in [0.25, 0.3) is 0 Å². The molecule has 0 aliphatic carbocycles. The number of rotatable bonds is 2. The Labute approximate surface area is 147 Å². The third kappa shape index (κ3) is 2.95. The topological polar surface area (TPSA) is 167 Å². The predicted molar refractivity (Wildman–Crippen MR) is 86.7 cm³/mol. The van der Waals surface area contributed by atoms with E-state index in [0.29, 0.717) is 10.9 Å². The normalized spacial score (nSPS) is 33.6. The Kier molecular flexibility index (Phi) is 4.86. The second kappa shape index (κ2) is 6.65. The molecule has 1 fully saturated rings. The van der Waals surface area contributed by atoms with Crippen molar-refractivity contribution in [3.8, 4) is 0 Å². The first kappa shape index (κ1) is 18.3. The number of nitrogens with zero attached hydrogens (tertiary/aromatic N) is 3. The van der Waals surface area contributed by atoms with Gasteiger partial charge in [0.15, 0.2) is 6.23 Å². The number of halogens is 1. The van der Waals surface area contributed by atoms with Crippen LogP contribution >= 0.6 is 11.6 Å². The number of hydrogen-bond donors (Lipinski definition) is 6. The third-order valence-corrected chi connectivity index (χ3v) is 4.60. The summed E-state index contributed by atoms with van der Waals surface area (Å²) >= 11 is 6.10. The molecule has 25 heavy (non-hydrogen) atoms. The number of aromatic nitrogens is 3. The Balaban J connectivity index is 2.15. The molecule has 2 aromatic heterocycles. The van der Waals surface area contributed by atoms with Crippen molar-refractivity contribution < 1.29 is 30.3 Å². The molecule has 1 aliphatic rings. The summed E-state index contributed by atoms with van der Waals surface area (Å²) < 4.78 is 6.93. The first-order valence-electron chi connectivity index (χ1n) is 7.55. The zero-order chi connectivity index (χ0) is 18.5. The Bertz CT molecular complexity index is 784. The smallest absolute Gasteiger partial charge is 0.223 e. The van der Waals surface area contributed by atoms with Crippen LogP contribution in [0.4, 0.5) is 5.95 Å². The summed E-state index contributed by atoms with van der Waals surface area (Å²) in [5.74, 6) is -0.0979. The second-order valence-corrected chi connectivity index (χ2v) is 6.36. The van der Waals surface area contributed by atoms with Crippen LogP contribution in [0.3, 0.4) is 0 Å². The van der Waals surface area contributed by atoms with Gasteiger partial charge in [-0.3, -0.25) is 0 Å². The van der Waals surface area contributed by atoms with Gasteiger partial charge >= 0.3 is 0 Å². The third-order valence-electron chi connectivity index (χ3n) is 4.33. The molecule has 0 amide bonds. The first-order valence-corrected chi connectivity index (χ1v) is 7.92. The minimum absolute atomic E-state index is 0.0979. The number of ether oxygens (including phenoxy) is 1. The molecule has 1 aliphatic heterocycles. The quantitative estimate of drug-likeness (QED) is 0.336. The fraction of sp³-hybridized carbons (Fsp3) is 0.571. The second-order valence-electron chi connectivity index (χ2n) is 6.00. The molecule has 3 unspecified atom stereocenters. The fourth-order valence-corrected chi connectivity index (χ4v) is 3.33. The zero-order valence-electron chi connectivity index (χ0n) is 13.2. The van der Waals surface area contributed by atoms with Crippen molar-refractivity contribution in [1.82, 2.24) is 14.5 Å². The van der Waals surface area contributed by atoms with Crippen LogP contribution in [0.15, 0.2) is 6.20 Å². The Hall–Kier alpha value is -1.53. The molecule has 10 nitrogen and oxygen atoms in total. The molecular formula is C14H19ClN4O6. The molecule has 3 heterocycles. The predicted octanol–water partition coefficient (Wildman–Crippen LogP) is -1.69. The average Bonchev–Trinajstić information content (AvgIpc) is 2.86. The van der Waals surface area contributed by atoms with Crippen molar-refractivity contribution in [3.05, 3.63) is 16.9 Å². The van der Waals surface area contributed by atoms with E-state index in [2.05, 4.69) is 9.97 Å². The van der Waals surface area contributed by atoms with E-state index >= 15 is 0 Å². The molecule has 138 valence electrons. The van der Waals surface area contributed by atoms with Crippen molar-refractivity contribution in [2.45, 2.75) is 43.7 Å². The van der Waals surface area contributed by atoms with Crippen LogP contribution in [-0.2, 0) is 4.74 Å². The minimum Gasteiger partial charge on any atom is -0.394 e. The van der Waals surface area contributed by atoms with Crippen molar-refractivity contribution in [3.63, 3.8) is 0 Å². The van der Waals surface area contributed by atoms with Gasteiger partial charge in [0, 0.05) is 6.20 Å². The Morgan fingerprint density at radius 2 is 1.80 bits per heavy atom. The molecule has 0 aromatic carbocycles. The summed E-state index contributed by atoms with van der Waals surface area (Å²) in [5.41, 5.74) is 6.54. The maximum atomic E-state index is 10.4. The lowest BCUT2D eigenvalue weighted by Gasteiger charge is -2.27. The van der Waals surface area contributed by atoms with Crippen molar-refractivity contribution >= 4 is 28.6 Å². The van der Waals surface area contributed by atoms with Crippen molar-refractivity contribution in [2.75, 3.05) is 12.3 Å². The molecular weight excluding hydrogens is 356 g/mol. The maximum Gasteiger partial charge on any atom is 0.223 e. The zero-order valence-corrected chi connectivity index (χ0v) is 13.9. The number of nitrogens with two attached hydrogens (primary N) is 1. The van der Waals surface area contributed by atoms with Crippen LogP contribution in [0.1, 0.15) is 11.8 Å². The summed E-state index contributed by atoms with van der Waals surface area (Å²) in [4.78, 5) is 7.97. The van der Waals surface area contributed by atoms with Gasteiger partial charge in [0.2, 0.25) is 5.95 Å². The summed E-state index contributed by atoms with van der Waals surface area (Å²) in [6.45, 7) is 1.10. The van der Waals surface area contributed by atoms with E-state index in [4.69, 9.17) is 22.1 Å². The molecule has 0 bridgehead atoms. The van der Waals surface area contributed by atoms with E-state index in [0.717, 1.165) is 0 Å². The lowest BCUT2D eigenvalue weighted by molar-refractivity contribution is -0.149. The van der Waals surface area contributed by atoms with Gasteiger partial charge in [0.05, 0.1) is 12.0 Å². The molecule has 0 radical (unpaired) electrons. The highest BCUT2D eigenvalue weighted by atomic mass is 35.5. The monoisotopic (exact) mass is 374 g/mol.